The Balaban J connectivity index is 1.96. The van der Waals surface area contributed by atoms with Gasteiger partial charge in [-0.25, -0.2) is 9.50 Å². The zero-order chi connectivity index (χ0) is 16.0. The molecule has 23 heavy (non-hydrogen) atoms. The average Bonchev–Trinajstić information content (AvgIpc) is 3.21. The van der Waals surface area contributed by atoms with Gasteiger partial charge in [-0.15, -0.1) is 22.7 Å². The van der Waals surface area contributed by atoms with Crippen LogP contribution in [0, 0.1) is 6.92 Å². The van der Waals surface area contributed by atoms with E-state index in [0.717, 1.165) is 37.2 Å². The Labute approximate surface area is 146 Å². The maximum atomic E-state index is 5.93. The van der Waals surface area contributed by atoms with Crippen LogP contribution < -0.4 is 5.73 Å². The predicted molar refractivity (Wildman–Crippen MR) is 100 cm³/mol. The highest BCUT2D eigenvalue weighted by molar-refractivity contribution is 7.81. The Morgan fingerprint density at radius 3 is 2.78 bits per heavy atom. The first-order chi connectivity index (χ1) is 11.1. The molecule has 1 aromatic carbocycles. The molecule has 3 aromatic heterocycles. The molecule has 0 aliphatic rings. The highest BCUT2D eigenvalue weighted by atomic mass is 32.1. The molecule has 4 rings (SSSR count). The molecule has 0 spiro atoms. The molecule has 0 amide bonds. The molecule has 0 saturated heterocycles. The number of hydrogen-bond acceptors (Lipinski definition) is 5. The summed E-state index contributed by atoms with van der Waals surface area (Å²) in [5.41, 5.74) is 9.81. The molecule has 0 bridgehead atoms. The number of aromatic nitrogens is 3. The van der Waals surface area contributed by atoms with Gasteiger partial charge in [0.1, 0.15) is 14.8 Å². The Bertz CT molecular complexity index is 1010. The second-order valence-electron chi connectivity index (χ2n) is 5.04. The van der Waals surface area contributed by atoms with Gasteiger partial charge in [-0.1, -0.05) is 42.5 Å². The van der Waals surface area contributed by atoms with Gasteiger partial charge in [0.25, 0.3) is 0 Å². The van der Waals surface area contributed by atoms with Gasteiger partial charge in [-0.2, -0.15) is 5.10 Å². The summed E-state index contributed by atoms with van der Waals surface area (Å²) < 4.78 is 1.89. The van der Waals surface area contributed by atoms with Gasteiger partial charge in [0.2, 0.25) is 0 Å². The molecule has 3 heterocycles. The van der Waals surface area contributed by atoms with Crippen LogP contribution in [0.25, 0.3) is 26.7 Å². The summed E-state index contributed by atoms with van der Waals surface area (Å²) in [6.07, 6.45) is 1.96. The highest BCUT2D eigenvalue weighted by Crippen LogP contribution is 2.38. The Morgan fingerprint density at radius 2 is 2.04 bits per heavy atom. The van der Waals surface area contributed by atoms with Crippen LogP contribution in [-0.4, -0.2) is 19.6 Å². The Morgan fingerprint density at radius 1 is 1.26 bits per heavy atom. The third-order valence-corrected chi connectivity index (χ3v) is 5.85. The van der Waals surface area contributed by atoms with E-state index < -0.39 is 0 Å². The number of aryl methyl sites for hydroxylation is 1. The monoisotopic (exact) mass is 356 g/mol. The third-order valence-electron chi connectivity index (χ3n) is 3.54. The van der Waals surface area contributed by atoms with Gasteiger partial charge >= 0.3 is 0 Å². The molecule has 4 aromatic rings. The van der Waals surface area contributed by atoms with Gasteiger partial charge in [-0.3, -0.25) is 0 Å². The molecule has 0 radical (unpaired) electrons. The average molecular weight is 357 g/mol. The minimum absolute atomic E-state index is 0.375. The topological polar surface area (TPSA) is 56.2 Å². The first kappa shape index (κ1) is 14.5. The number of nitrogens with two attached hydrogens (primary N) is 1. The third kappa shape index (κ3) is 2.37. The molecule has 114 valence electrons. The fourth-order valence-electron chi connectivity index (χ4n) is 2.52. The fourth-order valence-corrected chi connectivity index (χ4v) is 4.73. The molecular weight excluding hydrogens is 344 g/mol. The van der Waals surface area contributed by atoms with Crippen LogP contribution in [0.15, 0.2) is 41.9 Å². The van der Waals surface area contributed by atoms with E-state index in [2.05, 4.69) is 5.10 Å². The molecule has 0 saturated carbocycles. The number of rotatable bonds is 3. The largest absolute Gasteiger partial charge is 0.389 e. The zero-order valence-electron chi connectivity index (χ0n) is 12.2. The number of hydrogen-bond donors (Lipinski definition) is 1. The van der Waals surface area contributed by atoms with E-state index >= 15 is 0 Å². The van der Waals surface area contributed by atoms with E-state index in [1.165, 1.54) is 11.3 Å². The van der Waals surface area contributed by atoms with Gasteiger partial charge in [0.15, 0.2) is 0 Å². The van der Waals surface area contributed by atoms with Crippen LogP contribution in [0.1, 0.15) is 10.6 Å². The van der Waals surface area contributed by atoms with E-state index in [4.69, 9.17) is 22.9 Å². The summed E-state index contributed by atoms with van der Waals surface area (Å²) in [6, 6.07) is 9.99. The van der Waals surface area contributed by atoms with Gasteiger partial charge in [0.05, 0.1) is 21.8 Å². The van der Waals surface area contributed by atoms with E-state index in [1.807, 2.05) is 53.3 Å². The van der Waals surface area contributed by atoms with Crippen molar-refractivity contribution in [1.82, 2.24) is 14.6 Å². The maximum Gasteiger partial charge on any atom is 0.129 e. The van der Waals surface area contributed by atoms with Crippen molar-refractivity contribution in [2.24, 2.45) is 5.73 Å². The van der Waals surface area contributed by atoms with Crippen LogP contribution in [0.5, 0.6) is 0 Å². The van der Waals surface area contributed by atoms with Crippen molar-refractivity contribution in [3.63, 3.8) is 0 Å². The molecule has 7 heteroatoms. The van der Waals surface area contributed by atoms with Crippen molar-refractivity contribution in [2.45, 2.75) is 6.92 Å². The molecule has 0 aliphatic heterocycles. The summed E-state index contributed by atoms with van der Waals surface area (Å²) in [7, 11) is 0. The van der Waals surface area contributed by atoms with Gasteiger partial charge in [-0.05, 0) is 6.92 Å². The summed E-state index contributed by atoms with van der Waals surface area (Å²) in [5.74, 6) is 0. The number of fused-ring (bicyclic) bond motifs is 1. The number of nitrogens with zero attached hydrogens (tertiary/aromatic N) is 3. The second-order valence-corrected chi connectivity index (χ2v) is 7.37. The lowest BCUT2D eigenvalue weighted by Crippen LogP contribution is -2.08. The summed E-state index contributed by atoms with van der Waals surface area (Å²) in [4.78, 5) is 7.15. The Kier molecular flexibility index (Phi) is 3.48. The van der Waals surface area contributed by atoms with Gasteiger partial charge in [0, 0.05) is 17.1 Å². The lowest BCUT2D eigenvalue weighted by atomic mass is 10.1. The molecule has 0 aliphatic carbocycles. The summed E-state index contributed by atoms with van der Waals surface area (Å²) >= 11 is 8.41. The van der Waals surface area contributed by atoms with E-state index in [-0.39, 0.29) is 0 Å². The van der Waals surface area contributed by atoms with Crippen molar-refractivity contribution < 1.29 is 0 Å². The van der Waals surface area contributed by atoms with Crippen molar-refractivity contribution in [2.75, 3.05) is 0 Å². The SMILES string of the molecule is Cc1nn2ccsc2c1-c1nc(-c2ccccc2)c(C(N)=S)s1. The summed E-state index contributed by atoms with van der Waals surface area (Å²) in [6.45, 7) is 2.00. The number of benzene rings is 1. The Hall–Kier alpha value is -2.09. The molecule has 0 atom stereocenters. The lowest BCUT2D eigenvalue weighted by Gasteiger charge is -1.99. The number of thiocarbonyl (C=S) groups is 1. The normalized spacial score (nSPS) is 11.2. The minimum Gasteiger partial charge on any atom is -0.389 e. The van der Waals surface area contributed by atoms with Crippen LogP contribution in [0.4, 0.5) is 0 Å². The second kappa shape index (κ2) is 5.52. The minimum atomic E-state index is 0.375. The van der Waals surface area contributed by atoms with E-state index in [9.17, 15) is 0 Å². The summed E-state index contributed by atoms with van der Waals surface area (Å²) in [5, 5.41) is 7.46. The first-order valence-electron chi connectivity index (χ1n) is 6.94. The van der Waals surface area contributed by atoms with Crippen LogP contribution >= 0.6 is 34.9 Å². The van der Waals surface area contributed by atoms with Crippen molar-refractivity contribution in [1.29, 1.82) is 0 Å². The zero-order valence-corrected chi connectivity index (χ0v) is 14.6. The quantitative estimate of drug-likeness (QED) is 0.561. The molecular formula is C16H12N4S3. The predicted octanol–water partition coefficient (Wildman–Crippen LogP) is 4.13. The standard InChI is InChI=1S/C16H12N4S3/c1-9-11(16-20(19-9)7-8-22-16)15-18-12(13(23-15)14(17)21)10-5-3-2-4-6-10/h2-8H,1H3,(H2,17,21). The molecule has 0 fully saturated rings. The molecule has 0 unspecified atom stereocenters. The van der Waals surface area contributed by atoms with Crippen molar-refractivity contribution >= 4 is 44.7 Å². The number of thiazole rings is 2. The molecule has 2 N–H and O–H groups in total. The van der Waals surface area contributed by atoms with E-state index in [1.54, 1.807) is 11.3 Å². The highest BCUT2D eigenvalue weighted by Gasteiger charge is 2.21. The van der Waals surface area contributed by atoms with E-state index in [0.29, 0.717) is 4.99 Å². The van der Waals surface area contributed by atoms with Crippen LogP contribution in [-0.2, 0) is 0 Å². The van der Waals surface area contributed by atoms with Crippen LogP contribution in [0.2, 0.25) is 0 Å². The van der Waals surface area contributed by atoms with Crippen molar-refractivity contribution in [3.05, 3.63) is 52.5 Å². The maximum absolute atomic E-state index is 5.93. The fraction of sp³-hybridized carbons (Fsp3) is 0.0625. The van der Waals surface area contributed by atoms with Crippen molar-refractivity contribution in [3.8, 4) is 21.8 Å². The molecule has 4 nitrogen and oxygen atoms in total. The lowest BCUT2D eigenvalue weighted by molar-refractivity contribution is 0.948. The first-order valence-corrected chi connectivity index (χ1v) is 9.04. The smallest absolute Gasteiger partial charge is 0.129 e. The van der Waals surface area contributed by atoms with Gasteiger partial charge < -0.3 is 5.73 Å². The van der Waals surface area contributed by atoms with Crippen LogP contribution in [0.3, 0.4) is 0 Å².